The zero-order valence-corrected chi connectivity index (χ0v) is 12.2. The molecule has 3 rings (SSSR count). The Bertz CT molecular complexity index is 617. The van der Waals surface area contributed by atoms with Crippen molar-refractivity contribution in [1.29, 1.82) is 0 Å². The molecule has 0 unspecified atom stereocenters. The Kier molecular flexibility index (Phi) is 4.01. The van der Waals surface area contributed by atoms with Gasteiger partial charge < -0.3 is 15.3 Å². The first-order chi connectivity index (χ1) is 10.3. The van der Waals surface area contributed by atoms with Crippen LogP contribution in [0.3, 0.4) is 0 Å². The summed E-state index contributed by atoms with van der Waals surface area (Å²) in [5, 5.41) is 12.3. The molecule has 1 aromatic carbocycles. The summed E-state index contributed by atoms with van der Waals surface area (Å²) in [6.07, 6.45) is 2.61. The number of hydrogen-bond donors (Lipinski definition) is 2. The number of rotatable bonds is 4. The lowest BCUT2D eigenvalue weighted by Gasteiger charge is -2.29. The molecule has 21 heavy (non-hydrogen) atoms. The summed E-state index contributed by atoms with van der Waals surface area (Å²) in [5.74, 6) is 1.67. The topological polar surface area (TPSA) is 61.3 Å². The monoisotopic (exact) mass is 284 g/mol. The van der Waals surface area contributed by atoms with Gasteiger partial charge in [-0.1, -0.05) is 24.3 Å². The number of anilines is 2. The molecule has 110 valence electrons. The van der Waals surface area contributed by atoms with Gasteiger partial charge in [0.05, 0.1) is 6.61 Å². The second-order valence-electron chi connectivity index (χ2n) is 5.43. The second-order valence-corrected chi connectivity index (χ2v) is 5.43. The third kappa shape index (κ3) is 3.13. The summed E-state index contributed by atoms with van der Waals surface area (Å²) >= 11 is 0. The lowest BCUT2D eigenvalue weighted by atomic mass is 10.00. The first-order valence-corrected chi connectivity index (χ1v) is 7.27. The molecule has 0 bridgehead atoms. The quantitative estimate of drug-likeness (QED) is 0.897. The highest BCUT2D eigenvalue weighted by Crippen LogP contribution is 2.23. The summed E-state index contributed by atoms with van der Waals surface area (Å²) in [6.45, 7) is 3.83. The van der Waals surface area contributed by atoms with Crippen molar-refractivity contribution in [3.05, 3.63) is 47.8 Å². The molecule has 0 saturated carbocycles. The molecule has 0 spiro atoms. The van der Waals surface area contributed by atoms with Crippen molar-refractivity contribution in [2.45, 2.75) is 25.9 Å². The van der Waals surface area contributed by atoms with Gasteiger partial charge in [-0.2, -0.15) is 0 Å². The van der Waals surface area contributed by atoms with E-state index in [-0.39, 0.29) is 12.6 Å². The maximum atomic E-state index is 9.11. The number of aliphatic hydroxyl groups is 1. The maximum absolute atomic E-state index is 9.11. The highest BCUT2D eigenvalue weighted by molar-refractivity contribution is 5.50. The predicted octanol–water partition coefficient (Wildman–Crippen LogP) is 1.83. The van der Waals surface area contributed by atoms with Crippen molar-refractivity contribution >= 4 is 11.6 Å². The number of nitrogens with one attached hydrogen (secondary N) is 1. The Labute approximate surface area is 124 Å². The minimum Gasteiger partial charge on any atom is -0.394 e. The van der Waals surface area contributed by atoms with Gasteiger partial charge in [-0.3, -0.25) is 0 Å². The maximum Gasteiger partial charge on any atom is 0.134 e. The van der Waals surface area contributed by atoms with E-state index in [1.54, 1.807) is 6.33 Å². The smallest absolute Gasteiger partial charge is 0.134 e. The van der Waals surface area contributed by atoms with Crippen molar-refractivity contribution in [1.82, 2.24) is 9.97 Å². The van der Waals surface area contributed by atoms with Gasteiger partial charge in [0.1, 0.15) is 18.0 Å². The Balaban J connectivity index is 1.77. The standard InChI is InChI=1S/C16H20N4O/c1-12(10-21)19-15-8-16(18-11-17-15)20-7-6-13-4-2-3-5-14(13)9-20/h2-5,8,11-12,21H,6-7,9-10H2,1H3,(H,17,18,19)/t12-/m1/s1. The molecule has 2 heterocycles. The normalized spacial score (nSPS) is 15.4. The van der Waals surface area contributed by atoms with Crippen molar-refractivity contribution in [3.8, 4) is 0 Å². The lowest BCUT2D eigenvalue weighted by Crippen LogP contribution is -2.31. The van der Waals surface area contributed by atoms with Crippen molar-refractivity contribution in [2.75, 3.05) is 23.4 Å². The summed E-state index contributed by atoms with van der Waals surface area (Å²) in [4.78, 5) is 10.9. The number of fused-ring (bicyclic) bond motifs is 1. The molecule has 1 atom stereocenters. The van der Waals surface area contributed by atoms with E-state index in [2.05, 4.69) is 44.5 Å². The van der Waals surface area contributed by atoms with E-state index in [4.69, 9.17) is 5.11 Å². The molecule has 0 fully saturated rings. The molecule has 0 radical (unpaired) electrons. The fourth-order valence-corrected chi connectivity index (χ4v) is 2.59. The van der Waals surface area contributed by atoms with E-state index in [0.717, 1.165) is 31.1 Å². The molecular weight excluding hydrogens is 264 g/mol. The van der Waals surface area contributed by atoms with Gasteiger partial charge in [0.2, 0.25) is 0 Å². The molecule has 5 nitrogen and oxygen atoms in total. The van der Waals surface area contributed by atoms with Crippen LogP contribution in [0.25, 0.3) is 0 Å². The second kappa shape index (κ2) is 6.10. The van der Waals surface area contributed by atoms with Crippen LogP contribution in [0.2, 0.25) is 0 Å². The van der Waals surface area contributed by atoms with E-state index in [9.17, 15) is 0 Å². The zero-order valence-electron chi connectivity index (χ0n) is 12.2. The fourth-order valence-electron chi connectivity index (χ4n) is 2.59. The molecule has 5 heteroatoms. The molecule has 1 aliphatic heterocycles. The highest BCUT2D eigenvalue weighted by atomic mass is 16.3. The zero-order chi connectivity index (χ0) is 14.7. The van der Waals surface area contributed by atoms with Crippen LogP contribution in [0.1, 0.15) is 18.1 Å². The molecule has 2 aromatic rings. The van der Waals surface area contributed by atoms with E-state index in [1.165, 1.54) is 11.1 Å². The largest absolute Gasteiger partial charge is 0.394 e. The van der Waals surface area contributed by atoms with E-state index in [0.29, 0.717) is 0 Å². The van der Waals surface area contributed by atoms with Crippen LogP contribution < -0.4 is 10.2 Å². The number of benzene rings is 1. The summed E-state index contributed by atoms with van der Waals surface area (Å²) in [6, 6.07) is 10.5. The highest BCUT2D eigenvalue weighted by Gasteiger charge is 2.17. The Morgan fingerprint density at radius 1 is 1.29 bits per heavy atom. The summed E-state index contributed by atoms with van der Waals surface area (Å²) in [5.41, 5.74) is 2.79. The van der Waals surface area contributed by atoms with Gasteiger partial charge >= 0.3 is 0 Å². The Morgan fingerprint density at radius 2 is 2.10 bits per heavy atom. The molecule has 0 aliphatic carbocycles. The molecule has 0 saturated heterocycles. The molecule has 2 N–H and O–H groups in total. The van der Waals surface area contributed by atoms with Crippen LogP contribution in [0.4, 0.5) is 11.6 Å². The summed E-state index contributed by atoms with van der Waals surface area (Å²) < 4.78 is 0. The van der Waals surface area contributed by atoms with Crippen molar-refractivity contribution in [2.24, 2.45) is 0 Å². The number of aromatic nitrogens is 2. The third-order valence-corrected chi connectivity index (χ3v) is 3.78. The van der Waals surface area contributed by atoms with Gasteiger partial charge in [0, 0.05) is 25.2 Å². The average Bonchev–Trinajstić information content (AvgIpc) is 2.54. The predicted molar refractivity (Wildman–Crippen MR) is 83.4 cm³/mol. The van der Waals surface area contributed by atoms with E-state index >= 15 is 0 Å². The minimum absolute atomic E-state index is 0.0187. The van der Waals surface area contributed by atoms with Crippen molar-refractivity contribution < 1.29 is 5.11 Å². The fraction of sp³-hybridized carbons (Fsp3) is 0.375. The first kappa shape index (κ1) is 13.8. The van der Waals surface area contributed by atoms with Crippen LogP contribution in [0, 0.1) is 0 Å². The lowest BCUT2D eigenvalue weighted by molar-refractivity contribution is 0.281. The Morgan fingerprint density at radius 3 is 2.90 bits per heavy atom. The van der Waals surface area contributed by atoms with Gasteiger partial charge in [0.25, 0.3) is 0 Å². The SMILES string of the molecule is C[C@H](CO)Nc1cc(N2CCc3ccccc3C2)ncn1. The van der Waals surface area contributed by atoms with Gasteiger partial charge in [-0.25, -0.2) is 9.97 Å². The van der Waals surface area contributed by atoms with Crippen LogP contribution >= 0.6 is 0 Å². The first-order valence-electron chi connectivity index (χ1n) is 7.27. The number of nitrogens with zero attached hydrogens (tertiary/aromatic N) is 3. The molecule has 1 aliphatic rings. The third-order valence-electron chi connectivity index (χ3n) is 3.78. The number of hydrogen-bond acceptors (Lipinski definition) is 5. The minimum atomic E-state index is -0.0187. The summed E-state index contributed by atoms with van der Waals surface area (Å²) in [7, 11) is 0. The number of aliphatic hydroxyl groups excluding tert-OH is 1. The van der Waals surface area contributed by atoms with Gasteiger partial charge in [0.15, 0.2) is 0 Å². The molecule has 1 aromatic heterocycles. The van der Waals surface area contributed by atoms with E-state index in [1.807, 2.05) is 13.0 Å². The molecule has 0 amide bonds. The van der Waals surface area contributed by atoms with Gasteiger partial charge in [-0.15, -0.1) is 0 Å². The Hall–Kier alpha value is -2.14. The van der Waals surface area contributed by atoms with Crippen LogP contribution in [0.5, 0.6) is 0 Å². The van der Waals surface area contributed by atoms with Crippen LogP contribution in [-0.2, 0) is 13.0 Å². The van der Waals surface area contributed by atoms with E-state index < -0.39 is 0 Å². The van der Waals surface area contributed by atoms with Crippen LogP contribution in [0.15, 0.2) is 36.7 Å². The van der Waals surface area contributed by atoms with Crippen molar-refractivity contribution in [3.63, 3.8) is 0 Å². The van der Waals surface area contributed by atoms with Crippen LogP contribution in [-0.4, -0.2) is 34.3 Å². The molecular formula is C16H20N4O. The van der Waals surface area contributed by atoms with Gasteiger partial charge in [-0.05, 0) is 24.5 Å². The average molecular weight is 284 g/mol.